The van der Waals surface area contributed by atoms with Gasteiger partial charge in [-0.2, -0.15) is 5.10 Å². The van der Waals surface area contributed by atoms with Gasteiger partial charge < -0.3 is 10.6 Å². The van der Waals surface area contributed by atoms with Gasteiger partial charge in [-0.15, -0.1) is 0 Å². The first-order chi connectivity index (χ1) is 13.1. The molecule has 4 rings (SSSR count). The summed E-state index contributed by atoms with van der Waals surface area (Å²) in [7, 11) is 0. The largest absolute Gasteiger partial charge is 0.366 e. The number of H-pyrrole nitrogens is 1. The van der Waals surface area contributed by atoms with Gasteiger partial charge in [-0.3, -0.25) is 9.89 Å². The Morgan fingerprint density at radius 1 is 1.26 bits per heavy atom. The van der Waals surface area contributed by atoms with Crippen molar-refractivity contribution in [3.63, 3.8) is 0 Å². The topological polar surface area (TPSA) is 87.9 Å². The third-order valence-electron chi connectivity index (χ3n) is 5.22. The molecule has 0 radical (unpaired) electrons. The number of aromatic nitrogens is 3. The lowest BCUT2D eigenvalue weighted by molar-refractivity contribution is 0.1000. The van der Waals surface area contributed by atoms with Gasteiger partial charge in [0.1, 0.15) is 5.82 Å². The van der Waals surface area contributed by atoms with E-state index in [1.54, 1.807) is 18.3 Å². The lowest BCUT2D eigenvalue weighted by atomic mass is 9.90. The van der Waals surface area contributed by atoms with Crippen LogP contribution in [0, 0.1) is 6.92 Å². The van der Waals surface area contributed by atoms with Crippen molar-refractivity contribution in [3.8, 4) is 11.1 Å². The molecule has 1 fully saturated rings. The highest BCUT2D eigenvalue weighted by atomic mass is 16.1. The number of nitrogens with one attached hydrogen (secondary N) is 1. The first kappa shape index (κ1) is 17.3. The standard InChI is InChI=1S/C21H23N5O/c1-14-4-6-15(7-5-14)18-12-24-25-20(18)17-3-2-10-26(13-17)19-11-16(21(22)27)8-9-23-19/h4-9,11-12,17H,2-3,10,13H2,1H3,(H2,22,27)(H,24,25). The normalized spacial score (nSPS) is 17.1. The average molecular weight is 361 g/mol. The third-order valence-corrected chi connectivity index (χ3v) is 5.22. The summed E-state index contributed by atoms with van der Waals surface area (Å²) in [5.74, 6) is 0.700. The molecule has 1 aliphatic heterocycles. The Balaban J connectivity index is 1.59. The molecule has 1 aliphatic rings. The highest BCUT2D eigenvalue weighted by Crippen LogP contribution is 2.34. The molecule has 3 N–H and O–H groups in total. The molecule has 0 aliphatic carbocycles. The lowest BCUT2D eigenvalue weighted by Crippen LogP contribution is -2.35. The number of hydrogen-bond acceptors (Lipinski definition) is 4. The summed E-state index contributed by atoms with van der Waals surface area (Å²) >= 11 is 0. The van der Waals surface area contributed by atoms with E-state index < -0.39 is 5.91 Å². The van der Waals surface area contributed by atoms with Gasteiger partial charge >= 0.3 is 0 Å². The minimum atomic E-state index is -0.428. The van der Waals surface area contributed by atoms with Crippen molar-refractivity contribution in [2.45, 2.75) is 25.7 Å². The number of anilines is 1. The number of rotatable bonds is 4. The van der Waals surface area contributed by atoms with Gasteiger partial charge in [-0.1, -0.05) is 29.8 Å². The van der Waals surface area contributed by atoms with E-state index in [2.05, 4.69) is 51.3 Å². The van der Waals surface area contributed by atoms with Gasteiger partial charge in [0, 0.05) is 42.0 Å². The van der Waals surface area contributed by atoms with E-state index in [1.165, 1.54) is 11.1 Å². The second kappa shape index (κ2) is 7.23. The van der Waals surface area contributed by atoms with E-state index in [-0.39, 0.29) is 0 Å². The van der Waals surface area contributed by atoms with Crippen LogP contribution in [0.4, 0.5) is 5.82 Å². The summed E-state index contributed by atoms with van der Waals surface area (Å²) in [4.78, 5) is 18.1. The van der Waals surface area contributed by atoms with Crippen LogP contribution >= 0.6 is 0 Å². The molecule has 2 aromatic heterocycles. The number of hydrogen-bond donors (Lipinski definition) is 2. The van der Waals surface area contributed by atoms with Crippen molar-refractivity contribution >= 4 is 11.7 Å². The molecule has 1 aromatic carbocycles. The van der Waals surface area contributed by atoms with E-state index >= 15 is 0 Å². The lowest BCUT2D eigenvalue weighted by Gasteiger charge is -2.33. The molecule has 1 saturated heterocycles. The smallest absolute Gasteiger partial charge is 0.248 e. The summed E-state index contributed by atoms with van der Waals surface area (Å²) in [6.45, 7) is 3.84. The molecule has 6 nitrogen and oxygen atoms in total. The zero-order chi connectivity index (χ0) is 18.8. The second-order valence-electron chi connectivity index (χ2n) is 7.12. The van der Waals surface area contributed by atoms with E-state index in [0.717, 1.165) is 43.0 Å². The number of primary amides is 1. The molecule has 27 heavy (non-hydrogen) atoms. The first-order valence-corrected chi connectivity index (χ1v) is 9.23. The number of piperidine rings is 1. The maximum absolute atomic E-state index is 11.5. The van der Waals surface area contributed by atoms with Crippen LogP contribution in [-0.2, 0) is 0 Å². The molecule has 0 saturated carbocycles. The maximum atomic E-state index is 11.5. The Labute approximate surface area is 158 Å². The zero-order valence-corrected chi connectivity index (χ0v) is 15.4. The number of aromatic amines is 1. The Morgan fingerprint density at radius 2 is 2.07 bits per heavy atom. The third kappa shape index (κ3) is 3.56. The minimum Gasteiger partial charge on any atom is -0.366 e. The quantitative estimate of drug-likeness (QED) is 0.746. The first-order valence-electron chi connectivity index (χ1n) is 9.23. The van der Waals surface area contributed by atoms with Gasteiger partial charge in [0.2, 0.25) is 5.91 Å². The predicted octanol–water partition coefficient (Wildman–Crippen LogP) is 3.26. The van der Waals surface area contributed by atoms with Crippen molar-refractivity contribution in [1.82, 2.24) is 15.2 Å². The Kier molecular flexibility index (Phi) is 4.62. The molecule has 1 unspecified atom stereocenters. The number of nitrogens with two attached hydrogens (primary N) is 1. The second-order valence-corrected chi connectivity index (χ2v) is 7.12. The van der Waals surface area contributed by atoms with Crippen LogP contribution in [0.1, 0.15) is 40.4 Å². The summed E-state index contributed by atoms with van der Waals surface area (Å²) in [6.07, 6.45) is 5.70. The van der Waals surface area contributed by atoms with Crippen molar-refractivity contribution in [1.29, 1.82) is 0 Å². The van der Waals surface area contributed by atoms with Crippen LogP contribution in [-0.4, -0.2) is 34.2 Å². The molecule has 0 spiro atoms. The number of pyridine rings is 1. The van der Waals surface area contributed by atoms with E-state index in [1.807, 2.05) is 6.20 Å². The van der Waals surface area contributed by atoms with Gasteiger partial charge in [-0.05, 0) is 37.5 Å². The summed E-state index contributed by atoms with van der Waals surface area (Å²) in [6, 6.07) is 12.0. The molecule has 0 bridgehead atoms. The number of aryl methyl sites for hydroxylation is 1. The van der Waals surface area contributed by atoms with Gasteiger partial charge in [-0.25, -0.2) is 4.98 Å². The molecule has 138 valence electrons. The molecular weight excluding hydrogens is 338 g/mol. The highest BCUT2D eigenvalue weighted by molar-refractivity contribution is 5.93. The van der Waals surface area contributed by atoms with Crippen molar-refractivity contribution in [2.75, 3.05) is 18.0 Å². The highest BCUT2D eigenvalue weighted by Gasteiger charge is 2.26. The molecular formula is C21H23N5O. The van der Waals surface area contributed by atoms with Crippen molar-refractivity contribution < 1.29 is 4.79 Å². The zero-order valence-electron chi connectivity index (χ0n) is 15.4. The molecule has 6 heteroatoms. The fraction of sp³-hybridized carbons (Fsp3) is 0.286. The average Bonchev–Trinajstić information content (AvgIpc) is 3.18. The van der Waals surface area contributed by atoms with Crippen LogP contribution in [0.5, 0.6) is 0 Å². The number of carbonyl (C=O) groups excluding carboxylic acids is 1. The summed E-state index contributed by atoms with van der Waals surface area (Å²) in [5, 5.41) is 7.53. The van der Waals surface area contributed by atoms with E-state index in [0.29, 0.717) is 11.5 Å². The fourth-order valence-electron chi connectivity index (χ4n) is 3.74. The SMILES string of the molecule is Cc1ccc(-c2cn[nH]c2C2CCCN(c3cc(C(N)=O)ccn3)C2)cc1. The Bertz CT molecular complexity index is 947. The molecule has 3 aromatic rings. The van der Waals surface area contributed by atoms with E-state index in [4.69, 9.17) is 5.73 Å². The van der Waals surface area contributed by atoms with Crippen LogP contribution in [0.25, 0.3) is 11.1 Å². The van der Waals surface area contributed by atoms with Crippen LogP contribution in [0.15, 0.2) is 48.8 Å². The molecule has 1 amide bonds. The van der Waals surface area contributed by atoms with Crippen LogP contribution in [0.2, 0.25) is 0 Å². The van der Waals surface area contributed by atoms with Crippen LogP contribution in [0.3, 0.4) is 0 Å². The summed E-state index contributed by atoms with van der Waals surface area (Å²) < 4.78 is 0. The van der Waals surface area contributed by atoms with Crippen molar-refractivity contribution in [3.05, 3.63) is 65.6 Å². The van der Waals surface area contributed by atoms with Crippen LogP contribution < -0.4 is 10.6 Å². The Hall–Kier alpha value is -3.15. The van der Waals surface area contributed by atoms with E-state index in [9.17, 15) is 4.79 Å². The number of benzene rings is 1. The predicted molar refractivity (Wildman–Crippen MR) is 106 cm³/mol. The minimum absolute atomic E-state index is 0.330. The monoisotopic (exact) mass is 361 g/mol. The van der Waals surface area contributed by atoms with Gasteiger partial charge in [0.05, 0.1) is 6.20 Å². The fourth-order valence-corrected chi connectivity index (χ4v) is 3.74. The molecule has 3 heterocycles. The number of nitrogens with zero attached hydrogens (tertiary/aromatic N) is 3. The van der Waals surface area contributed by atoms with Gasteiger partial charge in [0.25, 0.3) is 0 Å². The van der Waals surface area contributed by atoms with Gasteiger partial charge in [0.15, 0.2) is 0 Å². The van der Waals surface area contributed by atoms with Crippen molar-refractivity contribution in [2.24, 2.45) is 5.73 Å². The number of carbonyl (C=O) groups is 1. The summed E-state index contributed by atoms with van der Waals surface area (Å²) in [5.41, 5.74) is 10.6. The Morgan fingerprint density at radius 3 is 2.85 bits per heavy atom. The molecule has 1 atom stereocenters. The maximum Gasteiger partial charge on any atom is 0.248 e. The number of amides is 1.